The van der Waals surface area contributed by atoms with Crippen molar-refractivity contribution in [2.24, 2.45) is 0 Å². The molecule has 0 aliphatic carbocycles. The SMILES string of the molecule is CC.OCCSc1ccc2ccccc2c1. The fourth-order valence-electron chi connectivity index (χ4n) is 1.42. The Bertz CT molecular complexity index is 426. The first-order chi connectivity index (χ1) is 7.90. The molecule has 1 N–H and O–H groups in total. The van der Waals surface area contributed by atoms with Crippen molar-refractivity contribution in [2.75, 3.05) is 12.4 Å². The van der Waals surface area contributed by atoms with Crippen LogP contribution in [0.15, 0.2) is 47.4 Å². The maximum atomic E-state index is 8.72. The summed E-state index contributed by atoms with van der Waals surface area (Å²) < 4.78 is 0. The third kappa shape index (κ3) is 3.54. The molecule has 2 heteroatoms. The molecule has 0 fully saturated rings. The van der Waals surface area contributed by atoms with Gasteiger partial charge in [-0.1, -0.05) is 44.2 Å². The van der Waals surface area contributed by atoms with E-state index in [4.69, 9.17) is 5.11 Å². The van der Waals surface area contributed by atoms with Gasteiger partial charge in [-0.25, -0.2) is 0 Å². The molecular weight excluding hydrogens is 216 g/mol. The van der Waals surface area contributed by atoms with Crippen molar-refractivity contribution in [1.29, 1.82) is 0 Å². The van der Waals surface area contributed by atoms with Gasteiger partial charge in [0.2, 0.25) is 0 Å². The van der Waals surface area contributed by atoms with E-state index >= 15 is 0 Å². The van der Waals surface area contributed by atoms with Crippen molar-refractivity contribution in [3.05, 3.63) is 42.5 Å². The molecule has 2 aromatic rings. The van der Waals surface area contributed by atoms with E-state index in [9.17, 15) is 0 Å². The predicted molar refractivity (Wildman–Crippen MR) is 73.1 cm³/mol. The van der Waals surface area contributed by atoms with Gasteiger partial charge in [0, 0.05) is 10.6 Å². The van der Waals surface area contributed by atoms with Gasteiger partial charge >= 0.3 is 0 Å². The van der Waals surface area contributed by atoms with Gasteiger partial charge < -0.3 is 5.11 Å². The van der Waals surface area contributed by atoms with E-state index in [1.165, 1.54) is 15.7 Å². The van der Waals surface area contributed by atoms with Crippen molar-refractivity contribution >= 4 is 22.5 Å². The van der Waals surface area contributed by atoms with Crippen LogP contribution in [-0.2, 0) is 0 Å². The molecule has 0 saturated heterocycles. The number of thioether (sulfide) groups is 1. The number of rotatable bonds is 3. The maximum absolute atomic E-state index is 8.72. The summed E-state index contributed by atoms with van der Waals surface area (Å²) >= 11 is 1.69. The lowest BCUT2D eigenvalue weighted by Gasteiger charge is -2.01. The molecule has 2 aromatic carbocycles. The summed E-state index contributed by atoms with van der Waals surface area (Å²) in [4.78, 5) is 1.22. The Morgan fingerprint density at radius 3 is 2.38 bits per heavy atom. The molecule has 1 nitrogen and oxygen atoms in total. The van der Waals surface area contributed by atoms with Gasteiger partial charge in [-0.2, -0.15) is 0 Å². The summed E-state index contributed by atoms with van der Waals surface area (Å²) in [6.45, 7) is 4.23. The first-order valence-electron chi connectivity index (χ1n) is 5.62. The lowest BCUT2D eigenvalue weighted by molar-refractivity contribution is 0.322. The van der Waals surface area contributed by atoms with Crippen LogP contribution in [0.25, 0.3) is 10.8 Å². The van der Waals surface area contributed by atoms with Gasteiger partial charge in [-0.15, -0.1) is 11.8 Å². The fraction of sp³-hybridized carbons (Fsp3) is 0.286. The average Bonchev–Trinajstić information content (AvgIpc) is 2.38. The molecule has 0 radical (unpaired) electrons. The van der Waals surface area contributed by atoms with Crippen molar-refractivity contribution in [1.82, 2.24) is 0 Å². The van der Waals surface area contributed by atoms with Gasteiger partial charge in [-0.05, 0) is 22.9 Å². The lowest BCUT2D eigenvalue weighted by Crippen LogP contribution is -1.85. The fourth-order valence-corrected chi connectivity index (χ4v) is 2.12. The van der Waals surface area contributed by atoms with E-state index in [-0.39, 0.29) is 6.61 Å². The Labute approximate surface area is 101 Å². The van der Waals surface area contributed by atoms with Crippen LogP contribution in [0.2, 0.25) is 0 Å². The minimum Gasteiger partial charge on any atom is -0.396 e. The first kappa shape index (κ1) is 13.1. The van der Waals surface area contributed by atoms with Crippen molar-refractivity contribution in [2.45, 2.75) is 18.7 Å². The van der Waals surface area contributed by atoms with E-state index in [0.29, 0.717) is 0 Å². The molecule has 0 aliphatic heterocycles. The number of hydrogen-bond donors (Lipinski definition) is 1. The maximum Gasteiger partial charge on any atom is 0.0525 e. The number of aliphatic hydroxyl groups excluding tert-OH is 1. The molecule has 0 unspecified atom stereocenters. The van der Waals surface area contributed by atoms with Crippen LogP contribution >= 0.6 is 11.8 Å². The van der Waals surface area contributed by atoms with E-state index in [2.05, 4.69) is 30.3 Å². The highest BCUT2D eigenvalue weighted by molar-refractivity contribution is 7.99. The molecule has 0 bridgehead atoms. The quantitative estimate of drug-likeness (QED) is 0.811. The summed E-state index contributed by atoms with van der Waals surface area (Å²) in [7, 11) is 0. The molecule has 0 amide bonds. The number of fused-ring (bicyclic) bond motifs is 1. The molecule has 0 aliphatic rings. The Kier molecular flexibility index (Phi) is 5.98. The third-order valence-electron chi connectivity index (χ3n) is 2.08. The topological polar surface area (TPSA) is 20.2 Å². The van der Waals surface area contributed by atoms with E-state index in [1.54, 1.807) is 11.8 Å². The first-order valence-corrected chi connectivity index (χ1v) is 6.61. The largest absolute Gasteiger partial charge is 0.396 e. The Balaban J connectivity index is 0.000000606. The standard InChI is InChI=1S/C12H12OS.C2H6/c13-7-8-14-12-6-5-10-3-1-2-4-11(10)9-12;1-2/h1-6,9,13H,7-8H2;1-2H3. The average molecular weight is 234 g/mol. The molecular formula is C14H18OS. The van der Waals surface area contributed by atoms with Gasteiger partial charge in [0.05, 0.1) is 6.61 Å². The zero-order valence-corrected chi connectivity index (χ0v) is 10.6. The highest BCUT2D eigenvalue weighted by Crippen LogP contribution is 2.22. The van der Waals surface area contributed by atoms with E-state index in [0.717, 1.165) is 5.75 Å². The number of aliphatic hydroxyl groups is 1. The van der Waals surface area contributed by atoms with Crippen LogP contribution in [-0.4, -0.2) is 17.5 Å². The Morgan fingerprint density at radius 2 is 1.69 bits per heavy atom. The second-order valence-corrected chi connectivity index (χ2v) is 4.25. The normalized spacial score (nSPS) is 9.69. The monoisotopic (exact) mass is 234 g/mol. The van der Waals surface area contributed by atoms with Crippen LogP contribution < -0.4 is 0 Å². The van der Waals surface area contributed by atoms with Crippen molar-refractivity contribution < 1.29 is 5.11 Å². The number of hydrogen-bond acceptors (Lipinski definition) is 2. The Hall–Kier alpha value is -0.990. The minimum absolute atomic E-state index is 0.234. The van der Waals surface area contributed by atoms with E-state index in [1.807, 2.05) is 26.0 Å². The predicted octanol–water partition coefficient (Wildman–Crippen LogP) is 3.95. The zero-order chi connectivity index (χ0) is 11.8. The summed E-state index contributed by atoms with van der Waals surface area (Å²) in [5.41, 5.74) is 0. The molecule has 16 heavy (non-hydrogen) atoms. The molecule has 86 valence electrons. The van der Waals surface area contributed by atoms with Crippen LogP contribution in [0.1, 0.15) is 13.8 Å². The third-order valence-corrected chi connectivity index (χ3v) is 3.05. The van der Waals surface area contributed by atoms with Crippen LogP contribution in [0.4, 0.5) is 0 Å². The van der Waals surface area contributed by atoms with Gasteiger partial charge in [0.25, 0.3) is 0 Å². The van der Waals surface area contributed by atoms with E-state index < -0.39 is 0 Å². The highest BCUT2D eigenvalue weighted by atomic mass is 32.2. The zero-order valence-electron chi connectivity index (χ0n) is 9.81. The van der Waals surface area contributed by atoms with Crippen molar-refractivity contribution in [3.63, 3.8) is 0 Å². The summed E-state index contributed by atoms with van der Waals surface area (Å²) in [5, 5.41) is 11.2. The molecule has 0 spiro atoms. The van der Waals surface area contributed by atoms with Gasteiger partial charge in [-0.3, -0.25) is 0 Å². The van der Waals surface area contributed by atoms with Crippen LogP contribution in [0.3, 0.4) is 0 Å². The Morgan fingerprint density at radius 1 is 1.00 bits per heavy atom. The van der Waals surface area contributed by atoms with Gasteiger partial charge in [0.1, 0.15) is 0 Å². The highest BCUT2D eigenvalue weighted by Gasteiger charge is 1.95. The summed E-state index contributed by atoms with van der Waals surface area (Å²) in [6, 6.07) is 14.7. The smallest absolute Gasteiger partial charge is 0.0525 e. The molecule has 0 aromatic heterocycles. The summed E-state index contributed by atoms with van der Waals surface area (Å²) in [5.74, 6) is 0.762. The van der Waals surface area contributed by atoms with Gasteiger partial charge in [0.15, 0.2) is 0 Å². The molecule has 2 rings (SSSR count). The molecule has 0 saturated carbocycles. The van der Waals surface area contributed by atoms with Crippen LogP contribution in [0.5, 0.6) is 0 Å². The lowest BCUT2D eigenvalue weighted by atomic mass is 10.1. The second-order valence-electron chi connectivity index (χ2n) is 3.08. The molecule has 0 atom stereocenters. The minimum atomic E-state index is 0.234. The number of benzene rings is 2. The molecule has 0 heterocycles. The van der Waals surface area contributed by atoms with Crippen molar-refractivity contribution in [3.8, 4) is 0 Å². The summed E-state index contributed by atoms with van der Waals surface area (Å²) in [6.07, 6.45) is 0. The second kappa shape index (κ2) is 7.31. The van der Waals surface area contributed by atoms with Crippen LogP contribution in [0, 0.1) is 0 Å².